The minimum atomic E-state index is -0.313. The lowest BCUT2D eigenvalue weighted by Crippen LogP contribution is -2.06. The molecule has 2 aromatic rings. The third-order valence-corrected chi connectivity index (χ3v) is 5.25. The van der Waals surface area contributed by atoms with Gasteiger partial charge in [0.1, 0.15) is 0 Å². The van der Waals surface area contributed by atoms with Crippen LogP contribution < -0.4 is 10.3 Å². The standard InChI is InChI=1S/C20H24FNO2/c1-13(15-5-7-18(21)19(11-15)24-2)9-14-3-4-16(10-14)17-6-8-20(23)22-12-17/h5-8,11-14,16H,3-4,9-10H2,1-2H3,(H,22,23)/t13-,14?,16-/m0/s1. The van der Waals surface area contributed by atoms with E-state index in [0.29, 0.717) is 23.5 Å². The topological polar surface area (TPSA) is 42.1 Å². The molecule has 0 saturated heterocycles. The van der Waals surface area contributed by atoms with Crippen molar-refractivity contribution in [2.24, 2.45) is 5.92 Å². The quantitative estimate of drug-likeness (QED) is 0.871. The third-order valence-electron chi connectivity index (χ3n) is 5.25. The lowest BCUT2D eigenvalue weighted by atomic mass is 9.88. The van der Waals surface area contributed by atoms with Crippen LogP contribution in [0, 0.1) is 11.7 Å². The summed E-state index contributed by atoms with van der Waals surface area (Å²) in [5.41, 5.74) is 2.31. The van der Waals surface area contributed by atoms with Gasteiger partial charge in [0.15, 0.2) is 11.6 Å². The van der Waals surface area contributed by atoms with Crippen molar-refractivity contribution in [2.45, 2.75) is 44.4 Å². The first-order chi connectivity index (χ1) is 11.6. The second kappa shape index (κ2) is 7.20. The minimum absolute atomic E-state index is 0.0489. The molecular weight excluding hydrogens is 305 g/mol. The number of ether oxygens (including phenoxy) is 1. The van der Waals surface area contributed by atoms with Gasteiger partial charge in [0, 0.05) is 12.3 Å². The van der Waals surface area contributed by atoms with Crippen LogP contribution in [0.5, 0.6) is 5.75 Å². The van der Waals surface area contributed by atoms with E-state index in [4.69, 9.17) is 4.74 Å². The number of rotatable bonds is 5. The van der Waals surface area contributed by atoms with Gasteiger partial charge < -0.3 is 9.72 Å². The monoisotopic (exact) mass is 329 g/mol. The molecule has 3 nitrogen and oxygen atoms in total. The van der Waals surface area contributed by atoms with Gasteiger partial charge in [-0.3, -0.25) is 4.79 Å². The van der Waals surface area contributed by atoms with Crippen LogP contribution in [-0.2, 0) is 0 Å². The summed E-state index contributed by atoms with van der Waals surface area (Å²) < 4.78 is 18.6. The van der Waals surface area contributed by atoms with E-state index in [0.717, 1.165) is 24.8 Å². The van der Waals surface area contributed by atoms with Crippen LogP contribution in [0.1, 0.15) is 55.6 Å². The summed E-state index contributed by atoms with van der Waals surface area (Å²) in [6.07, 6.45) is 6.45. The van der Waals surface area contributed by atoms with Gasteiger partial charge in [0.05, 0.1) is 7.11 Å². The van der Waals surface area contributed by atoms with E-state index < -0.39 is 0 Å². The van der Waals surface area contributed by atoms with Gasteiger partial charge in [0.25, 0.3) is 0 Å². The summed E-state index contributed by atoms with van der Waals surface area (Å²) in [5.74, 6) is 1.57. The highest BCUT2D eigenvalue weighted by Gasteiger charge is 2.27. The van der Waals surface area contributed by atoms with E-state index >= 15 is 0 Å². The van der Waals surface area contributed by atoms with Crippen molar-refractivity contribution in [3.05, 3.63) is 63.8 Å². The molecule has 0 spiro atoms. The molecule has 3 rings (SSSR count). The Morgan fingerprint density at radius 2 is 2.12 bits per heavy atom. The Morgan fingerprint density at radius 3 is 2.83 bits per heavy atom. The van der Waals surface area contributed by atoms with Gasteiger partial charge in [-0.25, -0.2) is 4.39 Å². The molecule has 3 atom stereocenters. The van der Waals surface area contributed by atoms with Gasteiger partial charge in [-0.05, 0) is 66.7 Å². The number of aromatic nitrogens is 1. The van der Waals surface area contributed by atoms with Crippen molar-refractivity contribution in [1.29, 1.82) is 0 Å². The average Bonchev–Trinajstić information content (AvgIpc) is 3.04. The molecule has 1 N–H and O–H groups in total. The largest absolute Gasteiger partial charge is 0.494 e. The SMILES string of the molecule is COc1cc([C@@H](C)CC2CC[C@H](c3ccc(=O)[nH]c3)C2)ccc1F. The summed E-state index contributed by atoms with van der Waals surface area (Å²) in [5, 5.41) is 0. The molecule has 1 aliphatic rings. The normalized spacial score (nSPS) is 21.6. The maximum absolute atomic E-state index is 13.6. The Labute approximate surface area is 141 Å². The Hall–Kier alpha value is -2.10. The molecule has 0 aliphatic heterocycles. The van der Waals surface area contributed by atoms with Gasteiger partial charge in [-0.2, -0.15) is 0 Å². The second-order valence-corrected chi connectivity index (χ2v) is 6.89. The number of H-pyrrole nitrogens is 1. The molecule has 0 bridgehead atoms. The Bertz CT molecular complexity index is 735. The summed E-state index contributed by atoms with van der Waals surface area (Å²) in [4.78, 5) is 14.0. The first-order valence-corrected chi connectivity index (χ1v) is 8.59. The Balaban J connectivity index is 1.62. The van der Waals surface area contributed by atoms with Crippen molar-refractivity contribution < 1.29 is 9.13 Å². The van der Waals surface area contributed by atoms with Gasteiger partial charge >= 0.3 is 0 Å². The van der Waals surface area contributed by atoms with Crippen LogP contribution in [-0.4, -0.2) is 12.1 Å². The molecule has 1 aromatic heterocycles. The van der Waals surface area contributed by atoms with Crippen molar-refractivity contribution in [3.63, 3.8) is 0 Å². The van der Waals surface area contributed by atoms with Crippen LogP contribution in [0.3, 0.4) is 0 Å². The number of aromatic amines is 1. The predicted octanol–water partition coefficient (Wildman–Crippen LogP) is 4.60. The Morgan fingerprint density at radius 1 is 1.29 bits per heavy atom. The van der Waals surface area contributed by atoms with Crippen LogP contribution in [0.15, 0.2) is 41.3 Å². The van der Waals surface area contributed by atoms with Crippen LogP contribution in [0.25, 0.3) is 0 Å². The van der Waals surface area contributed by atoms with Crippen molar-refractivity contribution in [3.8, 4) is 5.75 Å². The average molecular weight is 329 g/mol. The summed E-state index contributed by atoms with van der Waals surface area (Å²) in [6, 6.07) is 8.71. The summed E-state index contributed by atoms with van der Waals surface area (Å²) >= 11 is 0. The molecule has 24 heavy (non-hydrogen) atoms. The molecule has 1 aromatic carbocycles. The number of halogens is 1. The molecule has 1 fully saturated rings. The van der Waals surface area contributed by atoms with E-state index in [9.17, 15) is 9.18 Å². The van der Waals surface area contributed by atoms with E-state index in [1.165, 1.54) is 25.2 Å². The number of hydrogen-bond donors (Lipinski definition) is 1. The zero-order valence-corrected chi connectivity index (χ0v) is 14.2. The molecule has 0 radical (unpaired) electrons. The minimum Gasteiger partial charge on any atom is -0.494 e. The fourth-order valence-electron chi connectivity index (χ4n) is 3.89. The second-order valence-electron chi connectivity index (χ2n) is 6.89. The molecule has 1 aliphatic carbocycles. The highest BCUT2D eigenvalue weighted by Crippen LogP contribution is 2.42. The van der Waals surface area contributed by atoms with Crippen LogP contribution in [0.4, 0.5) is 4.39 Å². The third kappa shape index (κ3) is 3.69. The molecule has 128 valence electrons. The fourth-order valence-corrected chi connectivity index (χ4v) is 3.89. The van der Waals surface area contributed by atoms with Gasteiger partial charge in [0.2, 0.25) is 5.56 Å². The van der Waals surface area contributed by atoms with E-state index in [2.05, 4.69) is 11.9 Å². The predicted molar refractivity (Wildman–Crippen MR) is 93.1 cm³/mol. The van der Waals surface area contributed by atoms with Crippen molar-refractivity contribution in [1.82, 2.24) is 4.98 Å². The van der Waals surface area contributed by atoms with E-state index in [1.807, 2.05) is 24.4 Å². The van der Waals surface area contributed by atoms with Crippen LogP contribution >= 0.6 is 0 Å². The molecule has 1 saturated carbocycles. The summed E-state index contributed by atoms with van der Waals surface area (Å²) in [6.45, 7) is 2.19. The number of benzene rings is 1. The molecular formula is C20H24FNO2. The fraction of sp³-hybridized carbons (Fsp3) is 0.450. The molecule has 4 heteroatoms. The van der Waals surface area contributed by atoms with Crippen LogP contribution in [0.2, 0.25) is 0 Å². The lowest BCUT2D eigenvalue weighted by Gasteiger charge is -2.18. The Kier molecular flexibility index (Phi) is 5.03. The van der Waals surface area contributed by atoms with Crippen molar-refractivity contribution >= 4 is 0 Å². The van der Waals surface area contributed by atoms with Gasteiger partial charge in [-0.1, -0.05) is 19.1 Å². The van der Waals surface area contributed by atoms with Gasteiger partial charge in [-0.15, -0.1) is 0 Å². The number of nitrogens with one attached hydrogen (secondary N) is 1. The van der Waals surface area contributed by atoms with E-state index in [-0.39, 0.29) is 11.4 Å². The zero-order valence-electron chi connectivity index (χ0n) is 14.2. The highest BCUT2D eigenvalue weighted by molar-refractivity contribution is 5.32. The number of pyridine rings is 1. The molecule has 0 amide bonds. The lowest BCUT2D eigenvalue weighted by molar-refractivity contribution is 0.384. The maximum atomic E-state index is 13.6. The highest BCUT2D eigenvalue weighted by atomic mass is 19.1. The first-order valence-electron chi connectivity index (χ1n) is 8.59. The maximum Gasteiger partial charge on any atom is 0.247 e. The number of hydrogen-bond acceptors (Lipinski definition) is 2. The molecule has 1 unspecified atom stereocenters. The van der Waals surface area contributed by atoms with E-state index in [1.54, 1.807) is 6.07 Å². The first kappa shape index (κ1) is 16.7. The number of methoxy groups -OCH3 is 1. The summed E-state index contributed by atoms with van der Waals surface area (Å²) in [7, 11) is 1.50. The smallest absolute Gasteiger partial charge is 0.247 e. The van der Waals surface area contributed by atoms with Crippen molar-refractivity contribution in [2.75, 3.05) is 7.11 Å². The molecule has 1 heterocycles. The zero-order chi connectivity index (χ0) is 17.1.